The van der Waals surface area contributed by atoms with E-state index in [0.29, 0.717) is 6.42 Å². The van der Waals surface area contributed by atoms with E-state index < -0.39 is 9.84 Å². The predicted molar refractivity (Wildman–Crippen MR) is 91.6 cm³/mol. The Hall–Kier alpha value is -1.76. The number of ether oxygens (including phenoxy) is 1. The molecule has 0 heterocycles. The van der Waals surface area contributed by atoms with Crippen molar-refractivity contribution in [2.24, 2.45) is 0 Å². The van der Waals surface area contributed by atoms with Gasteiger partial charge in [-0.1, -0.05) is 12.1 Å². The van der Waals surface area contributed by atoms with E-state index in [-0.39, 0.29) is 23.9 Å². The molecule has 0 unspecified atom stereocenters. The van der Waals surface area contributed by atoms with Crippen LogP contribution in [0.1, 0.15) is 19.4 Å². The second-order valence-electron chi connectivity index (χ2n) is 5.96. The van der Waals surface area contributed by atoms with Crippen LogP contribution in [0.4, 0.5) is 4.79 Å². The molecule has 1 aromatic rings. The van der Waals surface area contributed by atoms with Crippen LogP contribution in [0, 0.1) is 0 Å². The molecule has 0 saturated heterocycles. The summed E-state index contributed by atoms with van der Waals surface area (Å²) in [5, 5.41) is 2.88. The Labute approximate surface area is 138 Å². The van der Waals surface area contributed by atoms with E-state index in [0.717, 1.165) is 11.3 Å². The molecule has 0 spiro atoms. The molecule has 0 radical (unpaired) electrons. The van der Waals surface area contributed by atoms with Crippen LogP contribution in [0.15, 0.2) is 24.3 Å². The number of hydrogen-bond donors (Lipinski definition) is 1. The third kappa shape index (κ3) is 6.90. The van der Waals surface area contributed by atoms with Crippen molar-refractivity contribution in [3.05, 3.63) is 29.8 Å². The normalized spacial score (nSPS) is 14.0. The molecule has 0 fully saturated rings. The van der Waals surface area contributed by atoms with E-state index in [2.05, 4.69) is 5.32 Å². The van der Waals surface area contributed by atoms with Crippen molar-refractivity contribution in [2.45, 2.75) is 32.4 Å². The smallest absolute Gasteiger partial charge is 0.317 e. The van der Waals surface area contributed by atoms with Crippen molar-refractivity contribution < 1.29 is 17.9 Å². The van der Waals surface area contributed by atoms with Gasteiger partial charge in [-0.2, -0.15) is 0 Å². The first-order valence-corrected chi connectivity index (χ1v) is 9.52. The van der Waals surface area contributed by atoms with Crippen LogP contribution in [0.5, 0.6) is 5.75 Å². The summed E-state index contributed by atoms with van der Waals surface area (Å²) in [7, 11) is 0.0920. The van der Waals surface area contributed by atoms with Crippen LogP contribution >= 0.6 is 0 Å². The predicted octanol–water partition coefficient (Wildman–Crippen LogP) is 1.70. The highest BCUT2D eigenvalue weighted by atomic mass is 32.2. The lowest BCUT2D eigenvalue weighted by Gasteiger charge is -2.26. The second-order valence-corrected chi connectivity index (χ2v) is 8.14. The van der Waals surface area contributed by atoms with E-state index in [1.807, 2.05) is 31.2 Å². The fourth-order valence-electron chi connectivity index (χ4n) is 2.27. The number of methoxy groups -OCH3 is 1. The molecule has 1 N–H and O–H groups in total. The molecule has 1 rings (SSSR count). The van der Waals surface area contributed by atoms with E-state index in [9.17, 15) is 13.2 Å². The number of carbonyl (C=O) groups is 1. The maximum Gasteiger partial charge on any atom is 0.317 e. The van der Waals surface area contributed by atoms with Gasteiger partial charge in [0.2, 0.25) is 0 Å². The van der Waals surface area contributed by atoms with E-state index in [1.165, 1.54) is 11.2 Å². The minimum absolute atomic E-state index is 0.0544. The first kappa shape index (κ1) is 19.3. The number of urea groups is 1. The highest BCUT2D eigenvalue weighted by Crippen LogP contribution is 2.14. The van der Waals surface area contributed by atoms with Gasteiger partial charge in [-0.25, -0.2) is 13.2 Å². The number of benzene rings is 1. The van der Waals surface area contributed by atoms with Gasteiger partial charge in [0.25, 0.3) is 0 Å². The molecule has 0 aromatic heterocycles. The van der Waals surface area contributed by atoms with Gasteiger partial charge >= 0.3 is 6.03 Å². The van der Waals surface area contributed by atoms with Gasteiger partial charge in [0.15, 0.2) is 0 Å². The number of rotatable bonds is 7. The molecule has 7 heteroatoms. The Morgan fingerprint density at radius 3 is 2.57 bits per heavy atom. The van der Waals surface area contributed by atoms with Gasteiger partial charge in [-0.15, -0.1) is 0 Å². The molecule has 0 aliphatic heterocycles. The van der Waals surface area contributed by atoms with Crippen LogP contribution in [0.3, 0.4) is 0 Å². The molecule has 0 bridgehead atoms. The van der Waals surface area contributed by atoms with Crippen molar-refractivity contribution in [1.82, 2.24) is 10.2 Å². The molecule has 6 nitrogen and oxygen atoms in total. The zero-order valence-corrected chi connectivity index (χ0v) is 15.2. The second kappa shape index (κ2) is 8.19. The maximum absolute atomic E-state index is 12.2. The van der Waals surface area contributed by atoms with Crippen LogP contribution in [0.25, 0.3) is 0 Å². The van der Waals surface area contributed by atoms with Gasteiger partial charge in [-0.3, -0.25) is 0 Å². The van der Waals surface area contributed by atoms with E-state index >= 15 is 0 Å². The molecule has 130 valence electrons. The lowest BCUT2D eigenvalue weighted by Crippen LogP contribution is -2.48. The number of sulfone groups is 1. The molecule has 1 aromatic carbocycles. The summed E-state index contributed by atoms with van der Waals surface area (Å²) in [5.74, 6) is 0.723. The van der Waals surface area contributed by atoms with Gasteiger partial charge in [0.1, 0.15) is 15.6 Å². The minimum atomic E-state index is -3.12. The standard InChI is InChI=1S/C16H26N2O4S/c1-12(9-14-7-6-8-15(10-14)22-4)17-16(19)18(3)13(2)11-23(5,20)21/h6-8,10,12-13H,9,11H2,1-5H3,(H,17,19)/t12-,13-/m0/s1. The topological polar surface area (TPSA) is 75.7 Å². The summed E-state index contributed by atoms with van der Waals surface area (Å²) in [4.78, 5) is 13.6. The van der Waals surface area contributed by atoms with Crippen LogP contribution in [0.2, 0.25) is 0 Å². The molecule has 2 atom stereocenters. The average molecular weight is 342 g/mol. The lowest BCUT2D eigenvalue weighted by molar-refractivity contribution is 0.194. The molecular weight excluding hydrogens is 316 g/mol. The fourth-order valence-corrected chi connectivity index (χ4v) is 3.37. The summed E-state index contributed by atoms with van der Waals surface area (Å²) in [6, 6.07) is 6.93. The number of nitrogens with zero attached hydrogens (tertiary/aromatic N) is 1. The number of carbonyl (C=O) groups excluding carboxylic acids is 1. The molecular formula is C16H26N2O4S. The first-order chi connectivity index (χ1) is 10.6. The molecule has 0 aliphatic carbocycles. The van der Waals surface area contributed by atoms with Crippen molar-refractivity contribution >= 4 is 15.9 Å². The van der Waals surface area contributed by atoms with Gasteiger partial charge in [-0.05, 0) is 38.0 Å². The first-order valence-electron chi connectivity index (χ1n) is 7.46. The Bertz CT molecular complexity index is 631. The van der Waals surface area contributed by atoms with Crippen LogP contribution in [-0.4, -0.2) is 57.6 Å². The number of amides is 2. The SMILES string of the molecule is COc1cccc(C[C@H](C)NC(=O)N(C)[C@@H](C)CS(C)(=O)=O)c1. The quantitative estimate of drug-likeness (QED) is 0.818. The van der Waals surface area contributed by atoms with E-state index in [1.54, 1.807) is 21.1 Å². The fraction of sp³-hybridized carbons (Fsp3) is 0.562. The highest BCUT2D eigenvalue weighted by molar-refractivity contribution is 7.90. The molecule has 0 aliphatic rings. The van der Waals surface area contributed by atoms with Gasteiger partial charge in [0, 0.05) is 25.4 Å². The summed E-state index contributed by atoms with van der Waals surface area (Å²) in [6.45, 7) is 3.62. The van der Waals surface area contributed by atoms with Gasteiger partial charge in [0.05, 0.1) is 12.9 Å². The van der Waals surface area contributed by atoms with Gasteiger partial charge < -0.3 is 15.0 Å². The van der Waals surface area contributed by atoms with Crippen molar-refractivity contribution in [3.8, 4) is 5.75 Å². The minimum Gasteiger partial charge on any atom is -0.497 e. The summed E-state index contributed by atoms with van der Waals surface area (Å²) in [5.41, 5.74) is 1.06. The zero-order chi connectivity index (χ0) is 17.6. The Morgan fingerprint density at radius 2 is 2.00 bits per heavy atom. The molecule has 2 amide bonds. The summed E-state index contributed by atoms with van der Waals surface area (Å²) >= 11 is 0. The average Bonchev–Trinajstić information content (AvgIpc) is 2.44. The van der Waals surface area contributed by atoms with Crippen molar-refractivity contribution in [3.63, 3.8) is 0 Å². The van der Waals surface area contributed by atoms with E-state index in [4.69, 9.17) is 4.74 Å². The Balaban J connectivity index is 2.58. The third-order valence-corrected chi connectivity index (χ3v) is 4.66. The highest BCUT2D eigenvalue weighted by Gasteiger charge is 2.20. The summed E-state index contributed by atoms with van der Waals surface area (Å²) < 4.78 is 27.8. The molecule has 0 saturated carbocycles. The monoisotopic (exact) mass is 342 g/mol. The largest absolute Gasteiger partial charge is 0.497 e. The Kier molecular flexibility index (Phi) is 6.87. The number of hydrogen-bond acceptors (Lipinski definition) is 4. The maximum atomic E-state index is 12.2. The van der Waals surface area contributed by atoms with Crippen LogP contribution in [-0.2, 0) is 16.3 Å². The van der Waals surface area contributed by atoms with Crippen molar-refractivity contribution in [1.29, 1.82) is 0 Å². The lowest BCUT2D eigenvalue weighted by atomic mass is 10.1. The van der Waals surface area contributed by atoms with Crippen molar-refractivity contribution in [2.75, 3.05) is 26.2 Å². The third-order valence-electron chi connectivity index (χ3n) is 3.57. The zero-order valence-electron chi connectivity index (χ0n) is 14.4. The number of nitrogens with one attached hydrogen (secondary N) is 1. The van der Waals surface area contributed by atoms with Crippen LogP contribution < -0.4 is 10.1 Å². The summed E-state index contributed by atoms with van der Waals surface area (Å²) in [6.07, 6.45) is 1.83. The molecule has 23 heavy (non-hydrogen) atoms. The Morgan fingerprint density at radius 1 is 1.35 bits per heavy atom.